The van der Waals surface area contributed by atoms with Gasteiger partial charge >= 0.3 is 0 Å². The van der Waals surface area contributed by atoms with Crippen LogP contribution in [-0.2, 0) is 4.79 Å². The second-order valence-corrected chi connectivity index (χ2v) is 7.33. The molecule has 0 radical (unpaired) electrons. The molecule has 0 atom stereocenters. The number of ether oxygens (including phenoxy) is 3. The number of amides is 1. The van der Waals surface area contributed by atoms with Gasteiger partial charge in [0.05, 0.1) is 32.9 Å². The lowest BCUT2D eigenvalue weighted by Gasteiger charge is -2.13. The Balaban J connectivity index is 1.68. The van der Waals surface area contributed by atoms with Crippen molar-refractivity contribution in [1.29, 1.82) is 0 Å². The summed E-state index contributed by atoms with van der Waals surface area (Å²) in [6.45, 7) is 0.969. The predicted molar refractivity (Wildman–Crippen MR) is 103 cm³/mol. The van der Waals surface area contributed by atoms with Crippen LogP contribution in [0, 0.1) is 0 Å². The van der Waals surface area contributed by atoms with Crippen molar-refractivity contribution in [2.45, 2.75) is 6.42 Å². The van der Waals surface area contributed by atoms with E-state index in [9.17, 15) is 4.79 Å². The Bertz CT molecular complexity index is 780. The second-order valence-electron chi connectivity index (χ2n) is 5.22. The van der Waals surface area contributed by atoms with E-state index in [2.05, 4.69) is 37.2 Å². The molecule has 0 unspecified atom stereocenters. The average Bonchev–Trinajstić information content (AvgIpc) is 2.79. The summed E-state index contributed by atoms with van der Waals surface area (Å²) >= 11 is 13.0. The minimum atomic E-state index is -0.334. The number of benzene rings is 2. The zero-order chi connectivity index (χ0) is 17.8. The van der Waals surface area contributed by atoms with E-state index in [1.54, 1.807) is 12.1 Å². The molecule has 0 aliphatic carbocycles. The van der Waals surface area contributed by atoms with Crippen molar-refractivity contribution in [3.63, 3.8) is 0 Å². The molecule has 1 aliphatic heterocycles. The van der Waals surface area contributed by atoms with Crippen molar-refractivity contribution in [2.75, 3.05) is 25.1 Å². The van der Waals surface area contributed by atoms with Crippen molar-refractivity contribution in [3.8, 4) is 17.2 Å². The number of fused-ring (bicyclic) bond motifs is 1. The average molecular weight is 492 g/mol. The smallest absolute Gasteiger partial charge is 0.262 e. The topological polar surface area (TPSA) is 56.8 Å². The second kappa shape index (κ2) is 8.29. The van der Waals surface area contributed by atoms with Gasteiger partial charge in [0.25, 0.3) is 5.91 Å². The van der Waals surface area contributed by atoms with Gasteiger partial charge in [0.15, 0.2) is 18.1 Å². The molecule has 1 N–H and O–H groups in total. The fourth-order valence-electron chi connectivity index (χ4n) is 2.22. The van der Waals surface area contributed by atoms with Crippen LogP contribution in [0.1, 0.15) is 6.42 Å². The molecular formula is C17H14Br2ClNO4. The standard InChI is InChI=1S/C17H14Br2ClNO4/c18-10-3-1-4-11(19)17(10)25-9-16(22)21-13-8-15-14(7-12(13)20)23-5-2-6-24-15/h1,3-4,7-8H,2,5-6,9H2,(H,21,22). The molecule has 0 aromatic heterocycles. The monoisotopic (exact) mass is 489 g/mol. The number of halogens is 3. The maximum atomic E-state index is 12.2. The fraction of sp³-hybridized carbons (Fsp3) is 0.235. The molecule has 1 aliphatic rings. The number of hydrogen-bond acceptors (Lipinski definition) is 4. The molecule has 2 aromatic carbocycles. The first-order valence-corrected chi connectivity index (χ1v) is 9.47. The SMILES string of the molecule is O=C(COc1c(Br)cccc1Br)Nc1cc2c(cc1Cl)OCCCO2. The Kier molecular flexibility index (Phi) is 6.09. The number of nitrogens with one attached hydrogen (secondary N) is 1. The van der Waals surface area contributed by atoms with E-state index in [1.165, 1.54) is 0 Å². The summed E-state index contributed by atoms with van der Waals surface area (Å²) in [6, 6.07) is 8.83. The zero-order valence-electron chi connectivity index (χ0n) is 13.0. The van der Waals surface area contributed by atoms with Gasteiger partial charge < -0.3 is 19.5 Å². The summed E-state index contributed by atoms with van der Waals surface area (Å²) in [5.74, 6) is 1.36. The van der Waals surface area contributed by atoms with Gasteiger partial charge in [0, 0.05) is 18.6 Å². The van der Waals surface area contributed by atoms with E-state index in [0.717, 1.165) is 15.4 Å². The number of anilines is 1. The Morgan fingerprint density at radius 2 is 1.80 bits per heavy atom. The highest BCUT2D eigenvalue weighted by molar-refractivity contribution is 9.11. The molecule has 0 saturated carbocycles. The Morgan fingerprint density at radius 3 is 2.48 bits per heavy atom. The molecule has 2 aromatic rings. The van der Waals surface area contributed by atoms with Crippen molar-refractivity contribution in [1.82, 2.24) is 0 Å². The van der Waals surface area contributed by atoms with Crippen LogP contribution in [-0.4, -0.2) is 25.7 Å². The van der Waals surface area contributed by atoms with Crippen LogP contribution in [0.5, 0.6) is 17.2 Å². The predicted octanol–water partition coefficient (Wildman–Crippen LogP) is 5.04. The molecule has 0 fully saturated rings. The van der Waals surface area contributed by atoms with E-state index < -0.39 is 0 Å². The van der Waals surface area contributed by atoms with Gasteiger partial charge in [-0.25, -0.2) is 0 Å². The first-order chi connectivity index (χ1) is 12.0. The molecule has 0 saturated heterocycles. The molecule has 3 rings (SSSR count). The number of hydrogen-bond donors (Lipinski definition) is 1. The molecule has 25 heavy (non-hydrogen) atoms. The van der Waals surface area contributed by atoms with Gasteiger partial charge in [-0.15, -0.1) is 0 Å². The largest absolute Gasteiger partial charge is 0.490 e. The van der Waals surface area contributed by atoms with Crippen LogP contribution in [0.2, 0.25) is 5.02 Å². The van der Waals surface area contributed by atoms with E-state index in [1.807, 2.05) is 18.2 Å². The lowest BCUT2D eigenvalue weighted by atomic mass is 10.2. The third kappa shape index (κ3) is 4.59. The van der Waals surface area contributed by atoms with Gasteiger partial charge in [-0.2, -0.15) is 0 Å². The summed E-state index contributed by atoms with van der Waals surface area (Å²) in [5, 5.41) is 3.10. The summed E-state index contributed by atoms with van der Waals surface area (Å²) in [7, 11) is 0. The van der Waals surface area contributed by atoms with Crippen LogP contribution in [0.25, 0.3) is 0 Å². The summed E-state index contributed by atoms with van der Waals surface area (Å²) in [4.78, 5) is 12.2. The molecular weight excluding hydrogens is 477 g/mol. The first kappa shape index (κ1) is 18.4. The third-order valence-corrected chi connectivity index (χ3v) is 4.94. The normalized spacial score (nSPS) is 13.1. The van der Waals surface area contributed by atoms with Crippen molar-refractivity contribution in [2.24, 2.45) is 0 Å². The van der Waals surface area contributed by atoms with E-state index in [4.69, 9.17) is 25.8 Å². The van der Waals surface area contributed by atoms with Gasteiger partial charge in [0.1, 0.15) is 5.75 Å². The number of para-hydroxylation sites is 1. The van der Waals surface area contributed by atoms with E-state index in [0.29, 0.717) is 41.2 Å². The molecule has 0 spiro atoms. The lowest BCUT2D eigenvalue weighted by Crippen LogP contribution is -2.20. The third-order valence-electron chi connectivity index (χ3n) is 3.38. The first-order valence-electron chi connectivity index (χ1n) is 7.50. The Morgan fingerprint density at radius 1 is 1.16 bits per heavy atom. The Labute approximate surface area is 166 Å². The summed E-state index contributed by atoms with van der Waals surface area (Å²) in [6.07, 6.45) is 0.794. The van der Waals surface area contributed by atoms with Gasteiger partial charge in [-0.3, -0.25) is 4.79 Å². The summed E-state index contributed by atoms with van der Waals surface area (Å²) < 4.78 is 18.2. The van der Waals surface area contributed by atoms with Crippen molar-refractivity contribution in [3.05, 3.63) is 44.3 Å². The Hall–Kier alpha value is -1.44. The van der Waals surface area contributed by atoms with Crippen LogP contribution in [0.4, 0.5) is 5.69 Å². The van der Waals surface area contributed by atoms with Gasteiger partial charge in [-0.05, 0) is 44.0 Å². The van der Waals surface area contributed by atoms with Crippen molar-refractivity contribution < 1.29 is 19.0 Å². The highest BCUT2D eigenvalue weighted by Gasteiger charge is 2.16. The van der Waals surface area contributed by atoms with Crippen LogP contribution >= 0.6 is 43.5 Å². The highest BCUT2D eigenvalue weighted by atomic mass is 79.9. The minimum Gasteiger partial charge on any atom is -0.490 e. The van der Waals surface area contributed by atoms with Crippen LogP contribution in [0.3, 0.4) is 0 Å². The lowest BCUT2D eigenvalue weighted by molar-refractivity contribution is -0.118. The molecule has 5 nitrogen and oxygen atoms in total. The molecule has 1 heterocycles. The van der Waals surface area contributed by atoms with Crippen LogP contribution < -0.4 is 19.5 Å². The molecule has 0 bridgehead atoms. The van der Waals surface area contributed by atoms with Gasteiger partial charge in [0.2, 0.25) is 0 Å². The van der Waals surface area contributed by atoms with Crippen molar-refractivity contribution >= 4 is 55.1 Å². The van der Waals surface area contributed by atoms with E-state index in [-0.39, 0.29) is 12.5 Å². The molecule has 8 heteroatoms. The number of carbonyl (C=O) groups excluding carboxylic acids is 1. The highest BCUT2D eigenvalue weighted by Crippen LogP contribution is 2.38. The van der Waals surface area contributed by atoms with E-state index >= 15 is 0 Å². The quantitative estimate of drug-likeness (QED) is 0.651. The maximum Gasteiger partial charge on any atom is 0.262 e. The number of carbonyl (C=O) groups is 1. The number of rotatable bonds is 4. The summed E-state index contributed by atoms with van der Waals surface area (Å²) in [5.41, 5.74) is 0.450. The van der Waals surface area contributed by atoms with Crippen LogP contribution in [0.15, 0.2) is 39.3 Å². The van der Waals surface area contributed by atoms with Gasteiger partial charge in [-0.1, -0.05) is 17.7 Å². The maximum absolute atomic E-state index is 12.2. The zero-order valence-corrected chi connectivity index (χ0v) is 16.9. The molecule has 1 amide bonds. The minimum absolute atomic E-state index is 0.161. The fourth-order valence-corrected chi connectivity index (χ4v) is 3.65. The molecule has 132 valence electrons.